The summed E-state index contributed by atoms with van der Waals surface area (Å²) in [6.07, 6.45) is 4.07. The Kier molecular flexibility index (Phi) is 4.14. The number of hydrogen-bond donors (Lipinski definition) is 0. The fourth-order valence-corrected chi connectivity index (χ4v) is 1.92. The standard InChI is InChI=1S/C12H22O3/c1-12(2,3)15-11(13)9-5-7-10(14-4)8-6-9/h9-10H,5-8H2,1-4H3. The van der Waals surface area contributed by atoms with Gasteiger partial charge in [-0.3, -0.25) is 4.79 Å². The van der Waals surface area contributed by atoms with Gasteiger partial charge in [-0.15, -0.1) is 0 Å². The van der Waals surface area contributed by atoms with Gasteiger partial charge in [0, 0.05) is 7.11 Å². The Morgan fingerprint density at radius 3 is 2.07 bits per heavy atom. The van der Waals surface area contributed by atoms with Gasteiger partial charge in [0.05, 0.1) is 12.0 Å². The number of methoxy groups -OCH3 is 1. The fourth-order valence-electron chi connectivity index (χ4n) is 1.92. The molecule has 1 rings (SSSR count). The molecule has 0 radical (unpaired) electrons. The zero-order chi connectivity index (χ0) is 11.5. The first-order valence-corrected chi connectivity index (χ1v) is 5.68. The van der Waals surface area contributed by atoms with E-state index in [4.69, 9.17) is 9.47 Å². The van der Waals surface area contributed by atoms with Crippen LogP contribution < -0.4 is 0 Å². The van der Waals surface area contributed by atoms with Crippen LogP contribution in [0.1, 0.15) is 46.5 Å². The van der Waals surface area contributed by atoms with Gasteiger partial charge >= 0.3 is 5.97 Å². The van der Waals surface area contributed by atoms with E-state index in [2.05, 4.69) is 0 Å². The summed E-state index contributed by atoms with van der Waals surface area (Å²) in [6, 6.07) is 0. The monoisotopic (exact) mass is 214 g/mol. The van der Waals surface area contributed by atoms with Crippen LogP contribution in [0.2, 0.25) is 0 Å². The lowest BCUT2D eigenvalue weighted by Crippen LogP contribution is -2.32. The second kappa shape index (κ2) is 4.97. The minimum Gasteiger partial charge on any atom is -0.460 e. The third kappa shape index (κ3) is 4.20. The molecule has 3 nitrogen and oxygen atoms in total. The Bertz CT molecular complexity index is 209. The minimum atomic E-state index is -0.366. The zero-order valence-electron chi connectivity index (χ0n) is 10.2. The molecule has 0 aliphatic heterocycles. The van der Waals surface area contributed by atoms with E-state index in [0.717, 1.165) is 25.7 Å². The summed E-state index contributed by atoms with van der Waals surface area (Å²) >= 11 is 0. The summed E-state index contributed by atoms with van der Waals surface area (Å²) in [4.78, 5) is 11.7. The first kappa shape index (κ1) is 12.5. The van der Waals surface area contributed by atoms with Crippen LogP contribution >= 0.6 is 0 Å². The van der Waals surface area contributed by atoms with Gasteiger partial charge in [-0.25, -0.2) is 0 Å². The third-order valence-electron chi connectivity index (χ3n) is 2.75. The van der Waals surface area contributed by atoms with Gasteiger partial charge in [-0.05, 0) is 46.5 Å². The average Bonchev–Trinajstić information content (AvgIpc) is 2.15. The molecule has 0 aromatic rings. The van der Waals surface area contributed by atoms with E-state index >= 15 is 0 Å². The number of carbonyl (C=O) groups excluding carboxylic acids is 1. The molecule has 15 heavy (non-hydrogen) atoms. The molecule has 0 spiro atoms. The quantitative estimate of drug-likeness (QED) is 0.663. The van der Waals surface area contributed by atoms with Crippen molar-refractivity contribution in [1.29, 1.82) is 0 Å². The molecular weight excluding hydrogens is 192 g/mol. The smallest absolute Gasteiger partial charge is 0.309 e. The summed E-state index contributed by atoms with van der Waals surface area (Å²) < 4.78 is 10.6. The first-order valence-electron chi connectivity index (χ1n) is 5.68. The fraction of sp³-hybridized carbons (Fsp3) is 0.917. The number of esters is 1. The van der Waals surface area contributed by atoms with Crippen LogP contribution in [0, 0.1) is 5.92 Å². The molecule has 0 heterocycles. The second-order valence-electron chi connectivity index (χ2n) is 5.24. The van der Waals surface area contributed by atoms with Crippen LogP contribution in [-0.2, 0) is 14.3 Å². The summed E-state index contributed by atoms with van der Waals surface area (Å²) in [6.45, 7) is 5.73. The summed E-state index contributed by atoms with van der Waals surface area (Å²) in [5.74, 6) is 0.0349. The van der Waals surface area contributed by atoms with Gasteiger partial charge in [0.2, 0.25) is 0 Å². The molecule has 0 unspecified atom stereocenters. The molecule has 3 heteroatoms. The van der Waals surface area contributed by atoms with E-state index in [9.17, 15) is 4.79 Å². The summed E-state index contributed by atoms with van der Waals surface area (Å²) in [7, 11) is 1.73. The molecule has 0 amide bonds. The van der Waals surface area contributed by atoms with Crippen molar-refractivity contribution in [2.45, 2.75) is 58.2 Å². The maximum Gasteiger partial charge on any atom is 0.309 e. The molecular formula is C12H22O3. The highest BCUT2D eigenvalue weighted by Gasteiger charge is 2.29. The van der Waals surface area contributed by atoms with Crippen molar-refractivity contribution >= 4 is 5.97 Å². The van der Waals surface area contributed by atoms with Crippen molar-refractivity contribution in [3.63, 3.8) is 0 Å². The lowest BCUT2D eigenvalue weighted by Gasteiger charge is -2.29. The van der Waals surface area contributed by atoms with E-state index < -0.39 is 0 Å². The zero-order valence-corrected chi connectivity index (χ0v) is 10.2. The molecule has 0 aromatic carbocycles. The van der Waals surface area contributed by atoms with E-state index in [1.165, 1.54) is 0 Å². The largest absolute Gasteiger partial charge is 0.460 e. The van der Waals surface area contributed by atoms with Gasteiger partial charge in [0.25, 0.3) is 0 Å². The predicted molar refractivity (Wildman–Crippen MR) is 58.6 cm³/mol. The molecule has 88 valence electrons. The Morgan fingerprint density at radius 2 is 1.67 bits per heavy atom. The number of rotatable bonds is 2. The average molecular weight is 214 g/mol. The third-order valence-corrected chi connectivity index (χ3v) is 2.75. The topological polar surface area (TPSA) is 35.5 Å². The van der Waals surface area contributed by atoms with E-state index in [1.54, 1.807) is 7.11 Å². The highest BCUT2D eigenvalue weighted by atomic mass is 16.6. The number of hydrogen-bond acceptors (Lipinski definition) is 3. The van der Waals surface area contributed by atoms with E-state index in [0.29, 0.717) is 6.10 Å². The first-order chi connectivity index (χ1) is 6.92. The van der Waals surface area contributed by atoms with Crippen molar-refractivity contribution < 1.29 is 14.3 Å². The highest BCUT2D eigenvalue weighted by Crippen LogP contribution is 2.28. The van der Waals surface area contributed by atoms with Gasteiger partial charge < -0.3 is 9.47 Å². The molecule has 0 atom stereocenters. The Morgan fingerprint density at radius 1 is 1.13 bits per heavy atom. The maximum atomic E-state index is 11.7. The van der Waals surface area contributed by atoms with Crippen LogP contribution in [0.5, 0.6) is 0 Å². The van der Waals surface area contributed by atoms with Crippen LogP contribution in [0.25, 0.3) is 0 Å². The normalized spacial score (nSPS) is 27.5. The van der Waals surface area contributed by atoms with Gasteiger partial charge in [0.15, 0.2) is 0 Å². The maximum absolute atomic E-state index is 11.7. The SMILES string of the molecule is COC1CCC(C(=O)OC(C)(C)C)CC1. The molecule has 0 bridgehead atoms. The second-order valence-corrected chi connectivity index (χ2v) is 5.24. The van der Waals surface area contributed by atoms with Crippen molar-refractivity contribution in [2.24, 2.45) is 5.92 Å². The Labute approximate surface area is 92.1 Å². The predicted octanol–water partition coefficient (Wildman–Crippen LogP) is 2.53. The molecule has 0 aromatic heterocycles. The summed E-state index contributed by atoms with van der Waals surface area (Å²) in [5.41, 5.74) is -0.366. The molecule has 0 N–H and O–H groups in total. The van der Waals surface area contributed by atoms with Crippen molar-refractivity contribution in [3.05, 3.63) is 0 Å². The molecule has 1 aliphatic carbocycles. The Hall–Kier alpha value is -0.570. The van der Waals surface area contributed by atoms with Gasteiger partial charge in [-0.1, -0.05) is 0 Å². The highest BCUT2D eigenvalue weighted by molar-refractivity contribution is 5.72. The lowest BCUT2D eigenvalue weighted by atomic mass is 9.87. The van der Waals surface area contributed by atoms with Gasteiger partial charge in [-0.2, -0.15) is 0 Å². The number of carbonyl (C=O) groups is 1. The van der Waals surface area contributed by atoms with Crippen LogP contribution in [-0.4, -0.2) is 24.8 Å². The molecule has 1 aliphatic rings. The molecule has 1 fully saturated rings. The minimum absolute atomic E-state index is 0.0444. The van der Waals surface area contributed by atoms with Crippen molar-refractivity contribution in [1.82, 2.24) is 0 Å². The van der Waals surface area contributed by atoms with Crippen molar-refractivity contribution in [3.8, 4) is 0 Å². The Balaban J connectivity index is 2.37. The number of ether oxygens (including phenoxy) is 2. The van der Waals surface area contributed by atoms with Gasteiger partial charge in [0.1, 0.15) is 5.60 Å². The molecule has 1 saturated carbocycles. The summed E-state index contributed by atoms with van der Waals surface area (Å²) in [5, 5.41) is 0. The van der Waals surface area contributed by atoms with Crippen LogP contribution in [0.3, 0.4) is 0 Å². The molecule has 0 saturated heterocycles. The van der Waals surface area contributed by atoms with Crippen LogP contribution in [0.4, 0.5) is 0 Å². The van der Waals surface area contributed by atoms with Crippen LogP contribution in [0.15, 0.2) is 0 Å². The van der Waals surface area contributed by atoms with Crippen molar-refractivity contribution in [2.75, 3.05) is 7.11 Å². The van der Waals surface area contributed by atoms with E-state index in [-0.39, 0.29) is 17.5 Å². The lowest BCUT2D eigenvalue weighted by molar-refractivity contribution is -0.161. The van der Waals surface area contributed by atoms with E-state index in [1.807, 2.05) is 20.8 Å².